The van der Waals surface area contributed by atoms with Gasteiger partial charge in [-0.25, -0.2) is 0 Å². The summed E-state index contributed by atoms with van der Waals surface area (Å²) in [5.41, 5.74) is 10.1. The predicted molar refractivity (Wildman–Crippen MR) is 124 cm³/mol. The van der Waals surface area contributed by atoms with Crippen LogP contribution in [0.25, 0.3) is 0 Å². The van der Waals surface area contributed by atoms with E-state index in [4.69, 9.17) is 11.5 Å². The number of rotatable bonds is 16. The number of primary amides is 1. The largest absolute Gasteiger partial charge is 0.369 e. The van der Waals surface area contributed by atoms with Gasteiger partial charge in [-0.3, -0.25) is 4.79 Å². The Morgan fingerprint density at radius 2 is 1.19 bits per heavy atom. The summed E-state index contributed by atoms with van der Waals surface area (Å²) in [5.74, 6) is -0.176. The Labute approximate surface area is 176 Å². The predicted octanol–water partition coefficient (Wildman–Crippen LogP) is 6.92. The zero-order chi connectivity index (χ0) is 20.1. The highest BCUT2D eigenvalue weighted by atomic mass is 35.5. The van der Waals surface area contributed by atoms with E-state index >= 15 is 0 Å². The number of amides is 1. The van der Waals surface area contributed by atoms with Crippen LogP contribution in [0.15, 0.2) is 12.2 Å². The van der Waals surface area contributed by atoms with Crippen LogP contribution in [0.3, 0.4) is 0 Å². The zero-order valence-corrected chi connectivity index (χ0v) is 19.5. The highest BCUT2D eigenvalue weighted by Crippen LogP contribution is 2.23. The topological polar surface area (TPSA) is 69.1 Å². The normalized spacial score (nSPS) is 11.0. The van der Waals surface area contributed by atoms with E-state index in [0.717, 1.165) is 25.8 Å². The van der Waals surface area contributed by atoms with Gasteiger partial charge in [0.2, 0.25) is 5.91 Å². The lowest BCUT2D eigenvalue weighted by Gasteiger charge is -2.19. The minimum atomic E-state index is -0.336. The fourth-order valence-electron chi connectivity index (χ4n) is 2.58. The van der Waals surface area contributed by atoms with E-state index in [-0.39, 0.29) is 23.7 Å². The second-order valence-electron chi connectivity index (χ2n) is 8.02. The molecular formula is C23H49ClN2O. The third-order valence-electron chi connectivity index (χ3n) is 4.77. The van der Waals surface area contributed by atoms with Crippen LogP contribution in [0.2, 0.25) is 0 Å². The van der Waals surface area contributed by atoms with Crippen molar-refractivity contribution < 1.29 is 4.79 Å². The first-order valence-corrected chi connectivity index (χ1v) is 11.1. The minimum Gasteiger partial charge on any atom is -0.369 e. The molecule has 0 unspecified atom stereocenters. The van der Waals surface area contributed by atoms with Crippen LogP contribution in [0.5, 0.6) is 0 Å². The summed E-state index contributed by atoms with van der Waals surface area (Å²) in [6.45, 7) is 9.03. The van der Waals surface area contributed by atoms with Gasteiger partial charge in [0, 0.05) is 5.41 Å². The first-order valence-electron chi connectivity index (χ1n) is 11.1. The highest BCUT2D eigenvalue weighted by Gasteiger charge is 2.23. The van der Waals surface area contributed by atoms with Crippen LogP contribution in [0, 0.1) is 5.41 Å². The molecule has 4 N–H and O–H groups in total. The van der Waals surface area contributed by atoms with Crippen molar-refractivity contribution in [3.8, 4) is 0 Å². The smallest absolute Gasteiger partial charge is 0.223 e. The van der Waals surface area contributed by atoms with Crippen LogP contribution < -0.4 is 11.5 Å². The number of allylic oxidation sites excluding steroid dienone is 2. The van der Waals surface area contributed by atoms with E-state index in [9.17, 15) is 4.79 Å². The van der Waals surface area contributed by atoms with E-state index in [0.29, 0.717) is 0 Å². The molecule has 1 amide bonds. The zero-order valence-electron chi connectivity index (χ0n) is 18.7. The van der Waals surface area contributed by atoms with E-state index in [1.54, 1.807) is 0 Å². The number of nitrogens with two attached hydrogens (primary N) is 2. The second kappa shape index (κ2) is 23.5. The molecule has 0 rings (SSSR count). The fourth-order valence-corrected chi connectivity index (χ4v) is 2.58. The molecule has 0 aromatic carbocycles. The monoisotopic (exact) mass is 404 g/mol. The third kappa shape index (κ3) is 25.5. The van der Waals surface area contributed by atoms with Crippen LogP contribution in [-0.4, -0.2) is 12.5 Å². The van der Waals surface area contributed by atoms with Crippen molar-refractivity contribution in [1.82, 2.24) is 0 Å². The summed E-state index contributed by atoms with van der Waals surface area (Å²) in [7, 11) is 0. The van der Waals surface area contributed by atoms with Gasteiger partial charge in [-0.15, -0.1) is 12.4 Å². The molecule has 0 spiro atoms. The Morgan fingerprint density at radius 3 is 1.59 bits per heavy atom. The van der Waals surface area contributed by atoms with Crippen molar-refractivity contribution in [2.24, 2.45) is 16.9 Å². The number of unbranched alkanes of at least 4 members (excludes halogenated alkanes) is 10. The Kier molecular flexibility index (Phi) is 27.1. The highest BCUT2D eigenvalue weighted by molar-refractivity contribution is 5.85. The van der Waals surface area contributed by atoms with Crippen molar-refractivity contribution >= 4 is 18.3 Å². The Morgan fingerprint density at radius 1 is 0.778 bits per heavy atom. The molecule has 0 bridgehead atoms. The molecule has 0 fully saturated rings. The number of carbonyl (C=O) groups excluding carboxylic acids is 1. The standard InChI is InChI=1S/C20H39NO.C3H9N.ClH/c1-4-5-6-7-8-9-10-11-12-13-14-15-16-17-18-20(2,3)19(21)22;1-2-3-4;/h11-12H,4-10,13-18H2,1-3H3,(H2,21,22);2-4H2,1H3;1H/b12-11-;;. The number of carbonyl (C=O) groups is 1. The van der Waals surface area contributed by atoms with E-state index in [2.05, 4.69) is 26.0 Å². The molecule has 0 aromatic rings. The second-order valence-corrected chi connectivity index (χ2v) is 8.02. The first kappa shape index (κ1) is 31.2. The molecule has 4 heteroatoms. The maximum atomic E-state index is 11.2. The average molecular weight is 405 g/mol. The Hall–Kier alpha value is -0.540. The molecule has 0 radical (unpaired) electrons. The molecule has 3 nitrogen and oxygen atoms in total. The third-order valence-corrected chi connectivity index (χ3v) is 4.77. The van der Waals surface area contributed by atoms with Crippen LogP contribution in [0.4, 0.5) is 0 Å². The molecule has 0 aliphatic heterocycles. The van der Waals surface area contributed by atoms with Crippen LogP contribution >= 0.6 is 12.4 Å². The molecule has 164 valence electrons. The number of hydrogen-bond donors (Lipinski definition) is 2. The molecular weight excluding hydrogens is 356 g/mol. The SMILES string of the molecule is CCCCCCCC/C=C\CCCCCCC(C)(C)C(N)=O.CCCN.Cl. The van der Waals surface area contributed by atoms with E-state index < -0.39 is 0 Å². The lowest BCUT2D eigenvalue weighted by molar-refractivity contribution is -0.126. The Bertz CT molecular complexity index is 328. The lowest BCUT2D eigenvalue weighted by atomic mass is 9.86. The van der Waals surface area contributed by atoms with Crippen molar-refractivity contribution in [3.05, 3.63) is 12.2 Å². The summed E-state index contributed by atoms with van der Waals surface area (Å²) in [5, 5.41) is 0. The van der Waals surface area contributed by atoms with Crippen molar-refractivity contribution in [1.29, 1.82) is 0 Å². The Balaban J connectivity index is -0.00000104. The summed E-state index contributed by atoms with van der Waals surface area (Å²) < 4.78 is 0. The maximum absolute atomic E-state index is 11.2. The van der Waals surface area contributed by atoms with Crippen molar-refractivity contribution in [3.63, 3.8) is 0 Å². The van der Waals surface area contributed by atoms with Gasteiger partial charge in [0.15, 0.2) is 0 Å². The van der Waals surface area contributed by atoms with Crippen LogP contribution in [0.1, 0.15) is 118 Å². The molecule has 0 aliphatic carbocycles. The van der Waals surface area contributed by atoms with Gasteiger partial charge in [-0.05, 0) is 45.1 Å². The van der Waals surface area contributed by atoms with Gasteiger partial charge >= 0.3 is 0 Å². The van der Waals surface area contributed by atoms with E-state index in [1.807, 2.05) is 13.8 Å². The molecule has 0 aliphatic rings. The van der Waals surface area contributed by atoms with Crippen molar-refractivity contribution in [2.45, 2.75) is 118 Å². The number of halogens is 1. The average Bonchev–Trinajstić information content (AvgIpc) is 2.62. The molecule has 0 saturated carbocycles. The summed E-state index contributed by atoms with van der Waals surface area (Å²) in [4.78, 5) is 11.2. The molecule has 27 heavy (non-hydrogen) atoms. The van der Waals surface area contributed by atoms with Crippen molar-refractivity contribution in [2.75, 3.05) is 6.54 Å². The minimum absolute atomic E-state index is 0. The van der Waals surface area contributed by atoms with E-state index in [1.165, 1.54) is 70.6 Å². The van der Waals surface area contributed by atoms with Gasteiger partial charge in [-0.1, -0.05) is 91.2 Å². The van der Waals surface area contributed by atoms with Crippen LogP contribution in [-0.2, 0) is 4.79 Å². The quantitative estimate of drug-likeness (QED) is 0.216. The summed E-state index contributed by atoms with van der Waals surface area (Å²) in [6.07, 6.45) is 22.3. The van der Waals surface area contributed by atoms with Gasteiger partial charge in [0.25, 0.3) is 0 Å². The summed E-state index contributed by atoms with van der Waals surface area (Å²) in [6, 6.07) is 0. The summed E-state index contributed by atoms with van der Waals surface area (Å²) >= 11 is 0. The maximum Gasteiger partial charge on any atom is 0.223 e. The molecule has 0 heterocycles. The molecule has 0 saturated heterocycles. The first-order chi connectivity index (χ1) is 12.4. The number of hydrogen-bond acceptors (Lipinski definition) is 2. The fraction of sp³-hybridized carbons (Fsp3) is 0.870. The van der Waals surface area contributed by atoms with Gasteiger partial charge in [0.1, 0.15) is 0 Å². The van der Waals surface area contributed by atoms with Gasteiger partial charge in [-0.2, -0.15) is 0 Å². The molecule has 0 aromatic heterocycles. The van der Waals surface area contributed by atoms with Gasteiger partial charge in [0.05, 0.1) is 0 Å². The lowest BCUT2D eigenvalue weighted by Crippen LogP contribution is -2.31. The molecule has 0 atom stereocenters. The van der Waals surface area contributed by atoms with Gasteiger partial charge < -0.3 is 11.5 Å².